The van der Waals surface area contributed by atoms with Crippen LogP contribution in [0.25, 0.3) is 0 Å². The standard InChI is InChI=1S/C14H16O4/c1-9(2)10-3-5-11(6-4-10)13(15)18-12-7-8-17-14(12)16/h3-6,9,12H,7-8H2,1-2H3/t12-/m1/s1. The van der Waals surface area contributed by atoms with Crippen molar-refractivity contribution in [3.05, 3.63) is 35.4 Å². The highest BCUT2D eigenvalue weighted by molar-refractivity contribution is 5.91. The minimum Gasteiger partial charge on any atom is -0.463 e. The Labute approximate surface area is 106 Å². The van der Waals surface area contributed by atoms with Crippen LogP contribution >= 0.6 is 0 Å². The molecule has 1 saturated heterocycles. The van der Waals surface area contributed by atoms with Crippen LogP contribution in [0.5, 0.6) is 0 Å². The Hall–Kier alpha value is -1.84. The van der Waals surface area contributed by atoms with Crippen LogP contribution in [0.4, 0.5) is 0 Å². The number of esters is 2. The molecule has 4 nitrogen and oxygen atoms in total. The lowest BCUT2D eigenvalue weighted by molar-refractivity contribution is -0.145. The molecule has 1 atom stereocenters. The predicted molar refractivity (Wildman–Crippen MR) is 65.3 cm³/mol. The van der Waals surface area contributed by atoms with Crippen LogP contribution in [-0.2, 0) is 14.3 Å². The number of hydrogen-bond donors (Lipinski definition) is 0. The van der Waals surface area contributed by atoms with Crippen LogP contribution in [-0.4, -0.2) is 24.6 Å². The van der Waals surface area contributed by atoms with Gasteiger partial charge in [-0.25, -0.2) is 9.59 Å². The summed E-state index contributed by atoms with van der Waals surface area (Å²) in [7, 11) is 0. The number of carbonyl (C=O) groups excluding carboxylic acids is 2. The summed E-state index contributed by atoms with van der Waals surface area (Å²) in [6.07, 6.45) is -0.309. The summed E-state index contributed by atoms with van der Waals surface area (Å²) >= 11 is 0. The van der Waals surface area contributed by atoms with Crippen LogP contribution in [0.3, 0.4) is 0 Å². The smallest absolute Gasteiger partial charge is 0.347 e. The van der Waals surface area contributed by atoms with E-state index in [4.69, 9.17) is 9.47 Å². The first kappa shape index (κ1) is 12.6. The van der Waals surface area contributed by atoms with E-state index in [0.29, 0.717) is 24.5 Å². The molecule has 1 fully saturated rings. The van der Waals surface area contributed by atoms with E-state index in [9.17, 15) is 9.59 Å². The van der Waals surface area contributed by atoms with Gasteiger partial charge in [0.05, 0.1) is 12.2 Å². The van der Waals surface area contributed by atoms with Crippen molar-refractivity contribution >= 4 is 11.9 Å². The molecule has 1 heterocycles. The van der Waals surface area contributed by atoms with Gasteiger partial charge < -0.3 is 9.47 Å². The topological polar surface area (TPSA) is 52.6 Å². The molecular formula is C14H16O4. The van der Waals surface area contributed by atoms with Gasteiger partial charge in [-0.05, 0) is 23.6 Å². The lowest BCUT2D eigenvalue weighted by Gasteiger charge is -2.09. The van der Waals surface area contributed by atoms with Gasteiger partial charge in [-0.1, -0.05) is 26.0 Å². The Kier molecular flexibility index (Phi) is 3.65. The fraction of sp³-hybridized carbons (Fsp3) is 0.429. The Bertz CT molecular complexity index is 447. The molecule has 0 unspecified atom stereocenters. The maximum absolute atomic E-state index is 11.8. The van der Waals surface area contributed by atoms with Gasteiger partial charge in [-0.3, -0.25) is 0 Å². The quantitative estimate of drug-likeness (QED) is 0.770. The summed E-state index contributed by atoms with van der Waals surface area (Å²) in [6.45, 7) is 4.49. The highest BCUT2D eigenvalue weighted by atomic mass is 16.6. The molecule has 96 valence electrons. The van der Waals surface area contributed by atoms with Gasteiger partial charge in [-0.15, -0.1) is 0 Å². The molecule has 0 saturated carbocycles. The first-order chi connectivity index (χ1) is 8.58. The van der Waals surface area contributed by atoms with E-state index in [1.165, 1.54) is 0 Å². The molecule has 0 aromatic heterocycles. The molecule has 0 aliphatic carbocycles. The first-order valence-electron chi connectivity index (χ1n) is 6.05. The minimum absolute atomic E-state index is 0.322. The zero-order valence-corrected chi connectivity index (χ0v) is 10.5. The predicted octanol–water partition coefficient (Wildman–Crippen LogP) is 2.28. The molecule has 0 bridgehead atoms. The third kappa shape index (κ3) is 2.70. The Morgan fingerprint density at radius 2 is 2.00 bits per heavy atom. The average molecular weight is 248 g/mol. The summed E-state index contributed by atoms with van der Waals surface area (Å²) in [5.74, 6) is -0.517. The second kappa shape index (κ2) is 5.21. The van der Waals surface area contributed by atoms with E-state index >= 15 is 0 Å². The summed E-state index contributed by atoms with van der Waals surface area (Å²) in [5, 5.41) is 0. The molecular weight excluding hydrogens is 232 g/mol. The summed E-state index contributed by atoms with van der Waals surface area (Å²) < 4.78 is 9.83. The van der Waals surface area contributed by atoms with Gasteiger partial charge in [0.2, 0.25) is 6.10 Å². The molecule has 0 N–H and O–H groups in total. The zero-order valence-electron chi connectivity index (χ0n) is 10.5. The fourth-order valence-corrected chi connectivity index (χ4v) is 1.79. The number of benzene rings is 1. The second-order valence-corrected chi connectivity index (χ2v) is 4.63. The van der Waals surface area contributed by atoms with Crippen LogP contribution in [0, 0.1) is 0 Å². The molecule has 4 heteroatoms. The number of ether oxygens (including phenoxy) is 2. The van der Waals surface area contributed by atoms with Gasteiger partial charge in [0.15, 0.2) is 0 Å². The first-order valence-corrected chi connectivity index (χ1v) is 6.05. The lowest BCUT2D eigenvalue weighted by atomic mass is 10.0. The molecule has 0 spiro atoms. The highest BCUT2D eigenvalue weighted by Crippen LogP contribution is 2.17. The molecule has 2 rings (SSSR count). The van der Waals surface area contributed by atoms with Crippen molar-refractivity contribution in [1.82, 2.24) is 0 Å². The molecule has 0 amide bonds. The van der Waals surface area contributed by atoms with E-state index in [1.54, 1.807) is 12.1 Å². The average Bonchev–Trinajstić information content (AvgIpc) is 2.75. The van der Waals surface area contributed by atoms with Crippen LogP contribution < -0.4 is 0 Å². The van der Waals surface area contributed by atoms with Crippen molar-refractivity contribution in [2.24, 2.45) is 0 Å². The normalized spacial score (nSPS) is 18.8. The molecule has 1 aliphatic heterocycles. The van der Waals surface area contributed by atoms with Crippen molar-refractivity contribution < 1.29 is 19.1 Å². The van der Waals surface area contributed by atoms with Crippen molar-refractivity contribution in [2.45, 2.75) is 32.3 Å². The van der Waals surface area contributed by atoms with E-state index < -0.39 is 18.0 Å². The lowest BCUT2D eigenvalue weighted by Crippen LogP contribution is -2.22. The van der Waals surface area contributed by atoms with E-state index in [1.807, 2.05) is 12.1 Å². The number of cyclic esters (lactones) is 1. The van der Waals surface area contributed by atoms with E-state index in [2.05, 4.69) is 13.8 Å². The van der Waals surface area contributed by atoms with Crippen LogP contribution in [0.2, 0.25) is 0 Å². The number of hydrogen-bond acceptors (Lipinski definition) is 4. The number of carbonyl (C=O) groups is 2. The molecule has 18 heavy (non-hydrogen) atoms. The highest BCUT2D eigenvalue weighted by Gasteiger charge is 2.30. The zero-order chi connectivity index (χ0) is 13.1. The second-order valence-electron chi connectivity index (χ2n) is 4.63. The van der Waals surface area contributed by atoms with E-state index in [-0.39, 0.29) is 0 Å². The maximum atomic E-state index is 11.8. The van der Waals surface area contributed by atoms with Crippen molar-refractivity contribution in [2.75, 3.05) is 6.61 Å². The van der Waals surface area contributed by atoms with Crippen LogP contribution in [0.15, 0.2) is 24.3 Å². The third-order valence-corrected chi connectivity index (χ3v) is 2.95. The minimum atomic E-state index is -0.748. The summed E-state index contributed by atoms with van der Waals surface area (Å²) in [5.41, 5.74) is 1.62. The third-order valence-electron chi connectivity index (χ3n) is 2.95. The van der Waals surface area contributed by atoms with Gasteiger partial charge in [-0.2, -0.15) is 0 Å². The Balaban J connectivity index is 2.02. The van der Waals surface area contributed by atoms with Crippen molar-refractivity contribution in [3.63, 3.8) is 0 Å². The molecule has 1 aliphatic rings. The van der Waals surface area contributed by atoms with E-state index in [0.717, 1.165) is 5.56 Å². The summed E-state index contributed by atoms with van der Waals surface area (Å²) in [6, 6.07) is 7.23. The van der Waals surface area contributed by atoms with Gasteiger partial charge >= 0.3 is 11.9 Å². The maximum Gasteiger partial charge on any atom is 0.347 e. The number of rotatable bonds is 3. The molecule has 1 aromatic rings. The monoisotopic (exact) mass is 248 g/mol. The summed E-state index contributed by atoms with van der Waals surface area (Å²) in [4.78, 5) is 23.0. The van der Waals surface area contributed by atoms with Gasteiger partial charge in [0, 0.05) is 6.42 Å². The largest absolute Gasteiger partial charge is 0.463 e. The Morgan fingerprint density at radius 3 is 2.50 bits per heavy atom. The Morgan fingerprint density at radius 1 is 1.33 bits per heavy atom. The SMILES string of the molecule is CC(C)c1ccc(C(=O)O[C@@H]2CCOC2=O)cc1. The van der Waals surface area contributed by atoms with Crippen molar-refractivity contribution in [1.29, 1.82) is 0 Å². The molecule has 0 radical (unpaired) electrons. The molecule has 1 aromatic carbocycles. The van der Waals surface area contributed by atoms with Gasteiger partial charge in [0.1, 0.15) is 0 Å². The van der Waals surface area contributed by atoms with Gasteiger partial charge in [0.25, 0.3) is 0 Å². The van der Waals surface area contributed by atoms with Crippen molar-refractivity contribution in [3.8, 4) is 0 Å². The van der Waals surface area contributed by atoms with Crippen LogP contribution in [0.1, 0.15) is 42.1 Å². The fourth-order valence-electron chi connectivity index (χ4n) is 1.79.